The van der Waals surface area contributed by atoms with E-state index in [1.165, 1.54) is 0 Å². The van der Waals surface area contributed by atoms with E-state index in [4.69, 9.17) is 15.2 Å². The molecule has 0 aromatic heterocycles. The molecule has 0 heterocycles. The van der Waals surface area contributed by atoms with Gasteiger partial charge in [-0.15, -0.1) is 0 Å². The van der Waals surface area contributed by atoms with E-state index in [1.807, 2.05) is 27.7 Å². The number of carbonyl (C=O) groups is 1. The maximum atomic E-state index is 12.1. The lowest BCUT2D eigenvalue weighted by Crippen LogP contribution is -2.44. The first-order valence-electron chi connectivity index (χ1n) is 7.30. The van der Waals surface area contributed by atoms with E-state index < -0.39 is 5.60 Å². The Morgan fingerprint density at radius 1 is 1.33 bits per heavy atom. The van der Waals surface area contributed by atoms with Crippen LogP contribution >= 0.6 is 0 Å². The van der Waals surface area contributed by atoms with Crippen molar-refractivity contribution in [3.05, 3.63) is 0 Å². The van der Waals surface area contributed by atoms with Crippen molar-refractivity contribution in [2.45, 2.75) is 39.7 Å². The summed E-state index contributed by atoms with van der Waals surface area (Å²) in [4.78, 5) is 17.8. The quantitative estimate of drug-likeness (QED) is 0.519. The summed E-state index contributed by atoms with van der Waals surface area (Å²) >= 11 is 0. The zero-order chi connectivity index (χ0) is 16.3. The number of rotatable bonds is 8. The van der Waals surface area contributed by atoms with Crippen LogP contribution in [0, 0.1) is 0 Å². The molecule has 0 aromatic rings. The van der Waals surface area contributed by atoms with Gasteiger partial charge in [0.25, 0.3) is 0 Å². The Kier molecular flexibility index (Phi) is 9.53. The zero-order valence-electron chi connectivity index (χ0n) is 13.9. The maximum absolute atomic E-state index is 12.1. The number of carbonyl (C=O) groups excluding carboxylic acids is 1. The van der Waals surface area contributed by atoms with Crippen molar-refractivity contribution >= 4 is 12.1 Å². The molecule has 124 valence electrons. The van der Waals surface area contributed by atoms with Gasteiger partial charge in [-0.1, -0.05) is 6.92 Å². The topological polar surface area (TPSA) is 89.2 Å². The van der Waals surface area contributed by atoms with E-state index in [1.54, 1.807) is 12.0 Å². The summed E-state index contributed by atoms with van der Waals surface area (Å²) in [5.74, 6) is 0.396. The molecule has 0 aromatic carbocycles. The summed E-state index contributed by atoms with van der Waals surface area (Å²) in [6, 6.07) is 0. The molecule has 1 amide bonds. The lowest BCUT2D eigenvalue weighted by atomic mass is 10.2. The van der Waals surface area contributed by atoms with E-state index in [0.29, 0.717) is 38.7 Å². The Labute approximate surface area is 127 Å². The molecule has 7 nitrogen and oxygen atoms in total. The van der Waals surface area contributed by atoms with Crippen LogP contribution in [0.25, 0.3) is 0 Å². The molecular formula is C14H30N4O3. The van der Waals surface area contributed by atoms with Gasteiger partial charge in [-0.3, -0.25) is 4.99 Å². The van der Waals surface area contributed by atoms with Gasteiger partial charge in [0.1, 0.15) is 5.60 Å². The van der Waals surface area contributed by atoms with Crippen LogP contribution in [0.15, 0.2) is 4.99 Å². The predicted molar refractivity (Wildman–Crippen MR) is 84.5 cm³/mol. The molecule has 0 fully saturated rings. The number of nitrogens with two attached hydrogens (primary N) is 1. The number of aliphatic imine (C=N–C) groups is 1. The molecule has 0 saturated carbocycles. The third kappa shape index (κ3) is 10.9. The fourth-order valence-electron chi connectivity index (χ4n) is 1.43. The largest absolute Gasteiger partial charge is 0.444 e. The molecule has 0 saturated heterocycles. The first-order chi connectivity index (χ1) is 9.80. The molecule has 0 rings (SSSR count). The van der Waals surface area contributed by atoms with Gasteiger partial charge < -0.3 is 25.4 Å². The molecule has 21 heavy (non-hydrogen) atoms. The summed E-state index contributed by atoms with van der Waals surface area (Å²) < 4.78 is 10.4. The van der Waals surface area contributed by atoms with Crippen molar-refractivity contribution in [2.24, 2.45) is 10.7 Å². The number of nitrogens with one attached hydrogen (secondary N) is 1. The molecule has 0 bridgehead atoms. The van der Waals surface area contributed by atoms with Crippen LogP contribution in [-0.4, -0.2) is 62.4 Å². The highest BCUT2D eigenvalue weighted by atomic mass is 16.6. The van der Waals surface area contributed by atoms with Crippen molar-refractivity contribution in [1.82, 2.24) is 10.2 Å². The van der Waals surface area contributed by atoms with Gasteiger partial charge in [-0.2, -0.15) is 0 Å². The van der Waals surface area contributed by atoms with Crippen molar-refractivity contribution in [2.75, 3.05) is 39.9 Å². The van der Waals surface area contributed by atoms with Crippen LogP contribution in [-0.2, 0) is 9.47 Å². The van der Waals surface area contributed by atoms with Gasteiger partial charge in [-0.05, 0) is 27.2 Å². The SMILES string of the molecule is CCCN=C(N)NCCN(CCOC)C(=O)OC(C)(C)C. The molecule has 0 aliphatic carbocycles. The van der Waals surface area contributed by atoms with Gasteiger partial charge in [0, 0.05) is 33.3 Å². The fraction of sp³-hybridized carbons (Fsp3) is 0.857. The molecule has 0 spiro atoms. The van der Waals surface area contributed by atoms with Crippen molar-refractivity contribution in [1.29, 1.82) is 0 Å². The van der Waals surface area contributed by atoms with E-state index in [9.17, 15) is 4.79 Å². The van der Waals surface area contributed by atoms with E-state index in [-0.39, 0.29) is 6.09 Å². The Morgan fingerprint density at radius 3 is 2.52 bits per heavy atom. The molecule has 0 aliphatic heterocycles. The minimum atomic E-state index is -0.516. The highest BCUT2D eigenvalue weighted by Crippen LogP contribution is 2.09. The van der Waals surface area contributed by atoms with Crippen molar-refractivity contribution in [3.63, 3.8) is 0 Å². The molecule has 0 atom stereocenters. The number of nitrogens with zero attached hydrogens (tertiary/aromatic N) is 2. The summed E-state index contributed by atoms with van der Waals surface area (Å²) in [6.45, 7) is 10.2. The lowest BCUT2D eigenvalue weighted by molar-refractivity contribution is 0.0206. The molecule has 0 unspecified atom stereocenters. The smallest absolute Gasteiger partial charge is 0.410 e. The second-order valence-electron chi connectivity index (χ2n) is 5.65. The third-order valence-electron chi connectivity index (χ3n) is 2.41. The van der Waals surface area contributed by atoms with Gasteiger partial charge in [0.05, 0.1) is 6.61 Å². The van der Waals surface area contributed by atoms with Crippen LogP contribution in [0.1, 0.15) is 34.1 Å². The first kappa shape index (κ1) is 19.5. The zero-order valence-corrected chi connectivity index (χ0v) is 13.9. The standard InChI is InChI=1S/C14H30N4O3/c1-6-7-16-12(15)17-8-9-18(10-11-20-5)13(19)21-14(2,3)4/h6-11H2,1-5H3,(H3,15,16,17). The Morgan fingerprint density at radius 2 is 2.00 bits per heavy atom. The highest BCUT2D eigenvalue weighted by molar-refractivity contribution is 5.77. The minimum Gasteiger partial charge on any atom is -0.444 e. The summed E-state index contributed by atoms with van der Waals surface area (Å²) in [5, 5.41) is 2.98. The number of amides is 1. The number of methoxy groups -OCH3 is 1. The average molecular weight is 302 g/mol. The molecular weight excluding hydrogens is 272 g/mol. The summed E-state index contributed by atoms with van der Waals surface area (Å²) in [6.07, 6.45) is 0.589. The van der Waals surface area contributed by atoms with Gasteiger partial charge >= 0.3 is 6.09 Å². The predicted octanol–water partition coefficient (Wildman–Crippen LogP) is 1.18. The van der Waals surface area contributed by atoms with Crippen LogP contribution < -0.4 is 11.1 Å². The molecule has 7 heteroatoms. The number of hydrogen-bond donors (Lipinski definition) is 2. The van der Waals surface area contributed by atoms with E-state index in [0.717, 1.165) is 6.42 Å². The number of hydrogen-bond acceptors (Lipinski definition) is 4. The van der Waals surface area contributed by atoms with Crippen molar-refractivity contribution < 1.29 is 14.3 Å². The van der Waals surface area contributed by atoms with Crippen LogP contribution in [0.5, 0.6) is 0 Å². The molecule has 0 radical (unpaired) electrons. The average Bonchev–Trinajstić information content (AvgIpc) is 2.38. The van der Waals surface area contributed by atoms with E-state index in [2.05, 4.69) is 10.3 Å². The molecule has 3 N–H and O–H groups in total. The summed E-state index contributed by atoms with van der Waals surface area (Å²) in [5.41, 5.74) is 5.19. The van der Waals surface area contributed by atoms with E-state index >= 15 is 0 Å². The van der Waals surface area contributed by atoms with Crippen LogP contribution in [0.4, 0.5) is 4.79 Å². The van der Waals surface area contributed by atoms with Gasteiger partial charge in [0.2, 0.25) is 0 Å². The lowest BCUT2D eigenvalue weighted by Gasteiger charge is -2.27. The summed E-state index contributed by atoms with van der Waals surface area (Å²) in [7, 11) is 1.60. The Bertz CT molecular complexity index is 327. The minimum absolute atomic E-state index is 0.356. The second-order valence-corrected chi connectivity index (χ2v) is 5.65. The van der Waals surface area contributed by atoms with Crippen LogP contribution in [0.3, 0.4) is 0 Å². The number of guanidine groups is 1. The highest BCUT2D eigenvalue weighted by Gasteiger charge is 2.21. The molecule has 0 aliphatic rings. The van der Waals surface area contributed by atoms with Gasteiger partial charge in [-0.25, -0.2) is 4.79 Å². The Hall–Kier alpha value is -1.50. The normalized spacial score (nSPS) is 12.1. The second kappa shape index (κ2) is 10.3. The Balaban J connectivity index is 4.33. The third-order valence-corrected chi connectivity index (χ3v) is 2.41. The monoisotopic (exact) mass is 302 g/mol. The van der Waals surface area contributed by atoms with Crippen molar-refractivity contribution in [3.8, 4) is 0 Å². The first-order valence-corrected chi connectivity index (χ1v) is 7.30. The number of ether oxygens (including phenoxy) is 2. The fourth-order valence-corrected chi connectivity index (χ4v) is 1.43. The van der Waals surface area contributed by atoms with Crippen LogP contribution in [0.2, 0.25) is 0 Å². The maximum Gasteiger partial charge on any atom is 0.410 e. The van der Waals surface area contributed by atoms with Gasteiger partial charge in [0.15, 0.2) is 5.96 Å².